The van der Waals surface area contributed by atoms with Crippen molar-refractivity contribution in [3.63, 3.8) is 0 Å². The molecule has 0 unspecified atom stereocenters. The number of aromatic nitrogens is 4. The molecule has 7 heteroatoms. The molecule has 6 nitrogen and oxygen atoms in total. The predicted octanol–water partition coefficient (Wildman–Crippen LogP) is 6.23. The van der Waals surface area contributed by atoms with Crippen LogP contribution < -0.4 is 0 Å². The van der Waals surface area contributed by atoms with Gasteiger partial charge in [-0.2, -0.15) is 0 Å². The van der Waals surface area contributed by atoms with E-state index in [1.165, 1.54) is 6.26 Å². The molecular formula is C25H28N4O2S. The summed E-state index contributed by atoms with van der Waals surface area (Å²) >= 11 is 0. The van der Waals surface area contributed by atoms with Gasteiger partial charge in [0.25, 0.3) is 0 Å². The lowest BCUT2D eigenvalue weighted by atomic mass is 10.1. The van der Waals surface area contributed by atoms with E-state index in [0.717, 1.165) is 33.5 Å². The zero-order valence-electron chi connectivity index (χ0n) is 19.0. The van der Waals surface area contributed by atoms with Gasteiger partial charge in [-0.3, -0.25) is 0 Å². The first-order valence-corrected chi connectivity index (χ1v) is 12.6. The minimum atomic E-state index is -3.26. The summed E-state index contributed by atoms with van der Waals surface area (Å²) in [4.78, 5) is 16.0. The molecule has 0 fully saturated rings. The molecule has 0 aliphatic carbocycles. The van der Waals surface area contributed by atoms with Crippen molar-refractivity contribution in [3.05, 3.63) is 66.7 Å². The number of nitrogens with zero attached hydrogens (tertiary/aromatic N) is 2. The third-order valence-corrected chi connectivity index (χ3v) is 5.81. The van der Waals surface area contributed by atoms with Crippen molar-refractivity contribution < 1.29 is 8.42 Å². The second-order valence-electron chi connectivity index (χ2n) is 6.72. The van der Waals surface area contributed by atoms with E-state index >= 15 is 0 Å². The van der Waals surface area contributed by atoms with Crippen LogP contribution in [0.4, 0.5) is 0 Å². The Morgan fingerprint density at radius 2 is 1.16 bits per heavy atom. The van der Waals surface area contributed by atoms with Gasteiger partial charge in [0.2, 0.25) is 0 Å². The zero-order valence-corrected chi connectivity index (χ0v) is 19.8. The molecule has 0 spiro atoms. The molecule has 3 aromatic carbocycles. The number of H-pyrrole nitrogens is 2. The van der Waals surface area contributed by atoms with Gasteiger partial charge in [-0.1, -0.05) is 64.1 Å². The highest BCUT2D eigenvalue weighted by atomic mass is 32.2. The van der Waals surface area contributed by atoms with Crippen molar-refractivity contribution in [2.24, 2.45) is 0 Å². The Kier molecular flexibility index (Phi) is 7.10. The van der Waals surface area contributed by atoms with Crippen LogP contribution in [-0.4, -0.2) is 34.6 Å². The molecule has 32 heavy (non-hydrogen) atoms. The third kappa shape index (κ3) is 4.73. The molecule has 0 amide bonds. The van der Waals surface area contributed by atoms with Crippen LogP contribution >= 0.6 is 0 Å². The predicted molar refractivity (Wildman–Crippen MR) is 132 cm³/mol. The SMILES string of the molecule is CC.CC.CS(=O)(=O)c1ccc2nc(-c3ccc(-c4nc5ccccc5[nH]4)cc3)[nH]c2c1. The van der Waals surface area contributed by atoms with Crippen LogP contribution in [0.1, 0.15) is 27.7 Å². The molecule has 2 heterocycles. The Labute approximate surface area is 188 Å². The lowest BCUT2D eigenvalue weighted by Crippen LogP contribution is -1.96. The van der Waals surface area contributed by atoms with E-state index in [9.17, 15) is 8.42 Å². The number of hydrogen-bond acceptors (Lipinski definition) is 4. The van der Waals surface area contributed by atoms with E-state index in [1.807, 2.05) is 76.2 Å². The second-order valence-corrected chi connectivity index (χ2v) is 8.73. The number of rotatable bonds is 3. The van der Waals surface area contributed by atoms with Gasteiger partial charge in [-0.05, 0) is 30.3 Å². The summed E-state index contributed by atoms with van der Waals surface area (Å²) in [6.07, 6.45) is 1.20. The lowest BCUT2D eigenvalue weighted by Gasteiger charge is -1.99. The number of benzene rings is 3. The first kappa shape index (κ1) is 23.2. The summed E-state index contributed by atoms with van der Waals surface area (Å²) in [6, 6.07) is 20.7. The van der Waals surface area contributed by atoms with Gasteiger partial charge in [0, 0.05) is 17.4 Å². The number of fused-ring (bicyclic) bond motifs is 2. The fourth-order valence-electron chi connectivity index (χ4n) is 3.23. The molecule has 0 aliphatic rings. The van der Waals surface area contributed by atoms with Crippen LogP contribution in [0.2, 0.25) is 0 Å². The zero-order chi connectivity index (χ0) is 23.3. The lowest BCUT2D eigenvalue weighted by molar-refractivity contribution is 0.602. The topological polar surface area (TPSA) is 91.5 Å². The molecule has 166 valence electrons. The van der Waals surface area contributed by atoms with Crippen molar-refractivity contribution in [3.8, 4) is 22.8 Å². The van der Waals surface area contributed by atoms with Gasteiger partial charge in [0.15, 0.2) is 9.84 Å². The summed E-state index contributed by atoms with van der Waals surface area (Å²) in [5.41, 5.74) is 5.25. The Hall–Kier alpha value is -3.45. The molecule has 5 rings (SSSR count). The first-order valence-electron chi connectivity index (χ1n) is 10.7. The average Bonchev–Trinajstić information content (AvgIpc) is 3.45. The van der Waals surface area contributed by atoms with E-state index in [0.29, 0.717) is 11.3 Å². The van der Waals surface area contributed by atoms with E-state index in [1.54, 1.807) is 18.2 Å². The van der Waals surface area contributed by atoms with Gasteiger partial charge in [-0.15, -0.1) is 0 Å². The van der Waals surface area contributed by atoms with Crippen LogP contribution in [0, 0.1) is 0 Å². The van der Waals surface area contributed by atoms with Crippen LogP contribution in [0.5, 0.6) is 0 Å². The second kappa shape index (κ2) is 9.78. The summed E-state index contributed by atoms with van der Waals surface area (Å²) in [5, 5.41) is 0. The van der Waals surface area contributed by atoms with Crippen LogP contribution in [0.25, 0.3) is 44.8 Å². The quantitative estimate of drug-likeness (QED) is 0.342. The fraction of sp³-hybridized carbons (Fsp3) is 0.200. The Balaban J connectivity index is 0.000000686. The van der Waals surface area contributed by atoms with Gasteiger partial charge < -0.3 is 9.97 Å². The molecule has 0 bridgehead atoms. The van der Waals surface area contributed by atoms with Crippen LogP contribution in [0.15, 0.2) is 71.6 Å². The van der Waals surface area contributed by atoms with E-state index in [4.69, 9.17) is 0 Å². The number of sulfone groups is 1. The third-order valence-electron chi connectivity index (χ3n) is 4.70. The Bertz CT molecular complexity index is 1400. The molecule has 5 aromatic rings. The van der Waals surface area contributed by atoms with Crippen molar-refractivity contribution in [2.75, 3.05) is 6.26 Å². The van der Waals surface area contributed by atoms with Crippen LogP contribution in [0.3, 0.4) is 0 Å². The summed E-state index contributed by atoms with van der Waals surface area (Å²) in [7, 11) is -3.26. The molecule has 2 N–H and O–H groups in total. The number of hydrogen-bond donors (Lipinski definition) is 2. The number of aromatic amines is 2. The minimum Gasteiger partial charge on any atom is -0.338 e. The maximum atomic E-state index is 11.7. The van der Waals surface area contributed by atoms with Crippen molar-refractivity contribution in [1.29, 1.82) is 0 Å². The summed E-state index contributed by atoms with van der Waals surface area (Å²) in [5.74, 6) is 1.51. The summed E-state index contributed by atoms with van der Waals surface area (Å²) < 4.78 is 23.5. The Morgan fingerprint density at radius 1 is 0.656 bits per heavy atom. The smallest absolute Gasteiger partial charge is 0.175 e. The van der Waals surface area contributed by atoms with Gasteiger partial charge in [0.05, 0.1) is 27.0 Å². The molecule has 0 saturated carbocycles. The number of nitrogens with one attached hydrogen (secondary N) is 2. The molecule has 2 aromatic heterocycles. The largest absolute Gasteiger partial charge is 0.338 e. The normalized spacial score (nSPS) is 10.9. The molecule has 0 atom stereocenters. The first-order chi connectivity index (χ1) is 15.5. The minimum absolute atomic E-state index is 0.274. The number of para-hydroxylation sites is 2. The maximum Gasteiger partial charge on any atom is 0.175 e. The van der Waals surface area contributed by atoms with E-state index in [-0.39, 0.29) is 4.90 Å². The standard InChI is InChI=1S/C21H16N4O2S.2C2H6/c1-28(26,27)15-10-11-18-19(12-15)25-21(24-18)14-8-6-13(7-9-14)20-22-16-4-2-3-5-17(16)23-20;2*1-2/h2-12H,1H3,(H,22,23)(H,24,25);2*1-2H3. The summed E-state index contributed by atoms with van der Waals surface area (Å²) in [6.45, 7) is 8.00. The molecule has 0 radical (unpaired) electrons. The molecule has 0 saturated heterocycles. The van der Waals surface area contributed by atoms with Crippen molar-refractivity contribution >= 4 is 31.9 Å². The van der Waals surface area contributed by atoms with Gasteiger partial charge in [0.1, 0.15) is 11.6 Å². The van der Waals surface area contributed by atoms with E-state index < -0.39 is 9.84 Å². The maximum absolute atomic E-state index is 11.7. The monoisotopic (exact) mass is 448 g/mol. The highest BCUT2D eigenvalue weighted by Gasteiger charge is 2.12. The fourth-order valence-corrected chi connectivity index (χ4v) is 3.88. The Morgan fingerprint density at radius 3 is 1.69 bits per heavy atom. The van der Waals surface area contributed by atoms with Gasteiger partial charge >= 0.3 is 0 Å². The highest BCUT2D eigenvalue weighted by molar-refractivity contribution is 7.90. The highest BCUT2D eigenvalue weighted by Crippen LogP contribution is 2.26. The molecular weight excluding hydrogens is 420 g/mol. The average molecular weight is 449 g/mol. The van der Waals surface area contributed by atoms with Gasteiger partial charge in [-0.25, -0.2) is 18.4 Å². The van der Waals surface area contributed by atoms with Crippen LogP contribution in [-0.2, 0) is 9.84 Å². The number of imidazole rings is 2. The van der Waals surface area contributed by atoms with Crippen molar-refractivity contribution in [2.45, 2.75) is 32.6 Å². The van der Waals surface area contributed by atoms with Crippen molar-refractivity contribution in [1.82, 2.24) is 19.9 Å². The molecule has 0 aliphatic heterocycles. The van der Waals surface area contributed by atoms with E-state index in [2.05, 4.69) is 19.9 Å².